The molecule has 3 heteroatoms. The second-order valence-corrected chi connectivity index (χ2v) is 6.23. The standard InChI is InChI=1S/C18H19ClFN/c1-12(13-6-8-15(20)9-7-13)21-16-10-14(11-16)17-4-2-3-5-18(17)19/h2-9,12,14,16,21H,10-11H2,1H3/t12-,14?,16?/m0/s1. The highest BCUT2D eigenvalue weighted by Gasteiger charge is 2.32. The fourth-order valence-corrected chi connectivity index (χ4v) is 3.31. The number of halogens is 2. The highest BCUT2D eigenvalue weighted by molar-refractivity contribution is 6.31. The van der Waals surface area contributed by atoms with Gasteiger partial charge in [-0.15, -0.1) is 0 Å². The fraction of sp³-hybridized carbons (Fsp3) is 0.333. The summed E-state index contributed by atoms with van der Waals surface area (Å²) in [6.07, 6.45) is 2.21. The van der Waals surface area contributed by atoms with Gasteiger partial charge in [0, 0.05) is 17.1 Å². The molecule has 0 spiro atoms. The number of hydrogen-bond acceptors (Lipinski definition) is 1. The van der Waals surface area contributed by atoms with E-state index in [4.69, 9.17) is 11.6 Å². The van der Waals surface area contributed by atoms with Crippen molar-refractivity contribution in [2.45, 2.75) is 37.8 Å². The Morgan fingerprint density at radius 3 is 2.43 bits per heavy atom. The van der Waals surface area contributed by atoms with E-state index in [2.05, 4.69) is 18.3 Å². The first-order valence-electron chi connectivity index (χ1n) is 7.39. The third-order valence-electron chi connectivity index (χ3n) is 4.34. The minimum atomic E-state index is -0.187. The second kappa shape index (κ2) is 6.17. The zero-order valence-electron chi connectivity index (χ0n) is 12.0. The molecule has 21 heavy (non-hydrogen) atoms. The molecule has 0 heterocycles. The van der Waals surface area contributed by atoms with Crippen molar-refractivity contribution in [2.24, 2.45) is 0 Å². The van der Waals surface area contributed by atoms with Gasteiger partial charge >= 0.3 is 0 Å². The van der Waals surface area contributed by atoms with Gasteiger partial charge in [0.15, 0.2) is 0 Å². The smallest absolute Gasteiger partial charge is 0.123 e. The lowest BCUT2D eigenvalue weighted by Gasteiger charge is -2.38. The first kappa shape index (κ1) is 14.6. The van der Waals surface area contributed by atoms with Crippen LogP contribution in [0.25, 0.3) is 0 Å². The van der Waals surface area contributed by atoms with Crippen molar-refractivity contribution in [3.05, 3.63) is 70.5 Å². The third kappa shape index (κ3) is 3.28. The lowest BCUT2D eigenvalue weighted by atomic mass is 9.75. The molecule has 0 unspecified atom stereocenters. The van der Waals surface area contributed by atoms with Gasteiger partial charge in [0.2, 0.25) is 0 Å². The van der Waals surface area contributed by atoms with Crippen LogP contribution < -0.4 is 5.32 Å². The molecule has 0 radical (unpaired) electrons. The largest absolute Gasteiger partial charge is 0.307 e. The Morgan fingerprint density at radius 1 is 1.10 bits per heavy atom. The van der Waals surface area contributed by atoms with Crippen LogP contribution in [0.5, 0.6) is 0 Å². The van der Waals surface area contributed by atoms with Crippen LogP contribution in [0.3, 0.4) is 0 Å². The quantitative estimate of drug-likeness (QED) is 0.831. The van der Waals surface area contributed by atoms with Gasteiger partial charge in [-0.3, -0.25) is 0 Å². The van der Waals surface area contributed by atoms with E-state index in [1.54, 1.807) is 0 Å². The molecule has 1 atom stereocenters. The van der Waals surface area contributed by atoms with E-state index >= 15 is 0 Å². The van der Waals surface area contributed by atoms with Crippen molar-refractivity contribution in [1.29, 1.82) is 0 Å². The van der Waals surface area contributed by atoms with Crippen LogP contribution in [-0.4, -0.2) is 6.04 Å². The molecule has 3 rings (SSSR count). The Bertz CT molecular complexity index is 605. The van der Waals surface area contributed by atoms with Crippen molar-refractivity contribution in [1.82, 2.24) is 5.32 Å². The molecule has 2 aromatic rings. The van der Waals surface area contributed by atoms with Gasteiger partial charge in [-0.25, -0.2) is 4.39 Å². The van der Waals surface area contributed by atoms with Crippen molar-refractivity contribution in [3.63, 3.8) is 0 Å². The zero-order chi connectivity index (χ0) is 14.8. The molecule has 0 saturated heterocycles. The Labute approximate surface area is 130 Å². The Morgan fingerprint density at radius 2 is 1.76 bits per heavy atom. The maximum Gasteiger partial charge on any atom is 0.123 e. The number of hydrogen-bond donors (Lipinski definition) is 1. The van der Waals surface area contributed by atoms with Crippen LogP contribution in [0.4, 0.5) is 4.39 Å². The van der Waals surface area contributed by atoms with Crippen LogP contribution >= 0.6 is 11.6 Å². The second-order valence-electron chi connectivity index (χ2n) is 5.83. The summed E-state index contributed by atoms with van der Waals surface area (Å²) in [5.41, 5.74) is 2.38. The summed E-state index contributed by atoms with van der Waals surface area (Å²) < 4.78 is 12.9. The predicted octanol–water partition coefficient (Wildman–Crippen LogP) is 5.08. The lowest BCUT2D eigenvalue weighted by molar-refractivity contribution is 0.271. The molecule has 0 aliphatic heterocycles. The Hall–Kier alpha value is -1.38. The van der Waals surface area contributed by atoms with Crippen LogP contribution in [0.2, 0.25) is 5.02 Å². The van der Waals surface area contributed by atoms with Crippen LogP contribution in [0.15, 0.2) is 48.5 Å². The van der Waals surface area contributed by atoms with E-state index in [9.17, 15) is 4.39 Å². The van der Waals surface area contributed by atoms with Gasteiger partial charge in [-0.2, -0.15) is 0 Å². The van der Waals surface area contributed by atoms with E-state index in [1.165, 1.54) is 17.7 Å². The topological polar surface area (TPSA) is 12.0 Å². The molecule has 1 aliphatic rings. The number of nitrogens with one attached hydrogen (secondary N) is 1. The molecule has 0 amide bonds. The summed E-state index contributed by atoms with van der Waals surface area (Å²) in [5, 5.41) is 4.47. The minimum Gasteiger partial charge on any atom is -0.307 e. The molecule has 1 nitrogen and oxygen atoms in total. The van der Waals surface area contributed by atoms with Crippen molar-refractivity contribution in [2.75, 3.05) is 0 Å². The van der Waals surface area contributed by atoms with Gasteiger partial charge < -0.3 is 5.32 Å². The van der Waals surface area contributed by atoms with Gasteiger partial charge in [0.25, 0.3) is 0 Å². The van der Waals surface area contributed by atoms with E-state index in [0.29, 0.717) is 12.0 Å². The molecule has 0 bridgehead atoms. The molecule has 1 saturated carbocycles. The minimum absolute atomic E-state index is 0.187. The van der Waals surface area contributed by atoms with E-state index < -0.39 is 0 Å². The summed E-state index contributed by atoms with van der Waals surface area (Å²) in [6, 6.07) is 15.6. The zero-order valence-corrected chi connectivity index (χ0v) is 12.8. The molecule has 1 aliphatic carbocycles. The van der Waals surface area contributed by atoms with E-state index in [0.717, 1.165) is 23.4 Å². The molecule has 1 N–H and O–H groups in total. The summed E-state index contributed by atoms with van der Waals surface area (Å²) in [6.45, 7) is 2.12. The average Bonchev–Trinajstić information content (AvgIpc) is 2.44. The highest BCUT2D eigenvalue weighted by atomic mass is 35.5. The van der Waals surface area contributed by atoms with Gasteiger partial charge in [-0.05, 0) is 55.0 Å². The average molecular weight is 304 g/mol. The van der Waals surface area contributed by atoms with Gasteiger partial charge in [0.1, 0.15) is 5.82 Å². The predicted molar refractivity (Wildman–Crippen MR) is 85.2 cm³/mol. The highest BCUT2D eigenvalue weighted by Crippen LogP contribution is 2.40. The monoisotopic (exact) mass is 303 g/mol. The Kier molecular flexibility index (Phi) is 4.27. The molecule has 0 aromatic heterocycles. The first-order chi connectivity index (χ1) is 10.1. The SMILES string of the molecule is C[C@H](NC1CC(c2ccccc2Cl)C1)c1ccc(F)cc1. The van der Waals surface area contributed by atoms with Gasteiger partial charge in [-0.1, -0.05) is 41.9 Å². The third-order valence-corrected chi connectivity index (χ3v) is 4.68. The van der Waals surface area contributed by atoms with Crippen LogP contribution in [-0.2, 0) is 0 Å². The van der Waals surface area contributed by atoms with Gasteiger partial charge in [0.05, 0.1) is 0 Å². The van der Waals surface area contributed by atoms with E-state index in [-0.39, 0.29) is 11.9 Å². The normalized spacial score (nSPS) is 22.6. The summed E-state index contributed by atoms with van der Waals surface area (Å²) in [4.78, 5) is 0. The molecule has 2 aromatic carbocycles. The van der Waals surface area contributed by atoms with Crippen molar-refractivity contribution >= 4 is 11.6 Å². The number of benzene rings is 2. The van der Waals surface area contributed by atoms with E-state index in [1.807, 2.05) is 30.3 Å². The fourth-order valence-electron chi connectivity index (χ4n) is 3.02. The van der Waals surface area contributed by atoms with Crippen LogP contribution in [0.1, 0.15) is 42.9 Å². The maximum atomic E-state index is 12.9. The van der Waals surface area contributed by atoms with Crippen LogP contribution in [0, 0.1) is 5.82 Å². The molecular formula is C18H19ClFN. The summed E-state index contributed by atoms with van der Waals surface area (Å²) in [7, 11) is 0. The molecule has 1 fully saturated rings. The summed E-state index contributed by atoms with van der Waals surface area (Å²) in [5.74, 6) is 0.366. The summed E-state index contributed by atoms with van der Waals surface area (Å²) >= 11 is 6.24. The maximum absolute atomic E-state index is 12.9. The first-order valence-corrected chi connectivity index (χ1v) is 7.77. The molecular weight excluding hydrogens is 285 g/mol. The Balaban J connectivity index is 1.55. The van der Waals surface area contributed by atoms with Crippen molar-refractivity contribution in [3.8, 4) is 0 Å². The number of rotatable bonds is 4. The molecule has 110 valence electrons. The van der Waals surface area contributed by atoms with Crippen molar-refractivity contribution < 1.29 is 4.39 Å². The lowest BCUT2D eigenvalue weighted by Crippen LogP contribution is -2.41.